The van der Waals surface area contributed by atoms with E-state index in [4.69, 9.17) is 23.2 Å². The number of benzene rings is 2. The smallest absolute Gasteiger partial charge is 0.269 e. The van der Waals surface area contributed by atoms with Gasteiger partial charge in [0, 0.05) is 17.3 Å². The molecule has 0 fully saturated rings. The van der Waals surface area contributed by atoms with Gasteiger partial charge in [0.25, 0.3) is 11.5 Å². The van der Waals surface area contributed by atoms with Crippen LogP contribution < -0.4 is 21.2 Å². The molecule has 2 heterocycles. The molecular weight excluding hydrogens is 397 g/mol. The van der Waals surface area contributed by atoms with Gasteiger partial charge in [-0.1, -0.05) is 59.1 Å². The topological polar surface area (TPSA) is 72.9 Å². The van der Waals surface area contributed by atoms with Crippen molar-refractivity contribution < 1.29 is 4.99 Å². The van der Waals surface area contributed by atoms with Gasteiger partial charge >= 0.3 is 5.96 Å². The molecule has 0 saturated carbocycles. The van der Waals surface area contributed by atoms with Crippen LogP contribution >= 0.6 is 23.2 Å². The predicted molar refractivity (Wildman–Crippen MR) is 112 cm³/mol. The van der Waals surface area contributed by atoms with E-state index >= 15 is 0 Å². The van der Waals surface area contributed by atoms with Gasteiger partial charge in [0.1, 0.15) is 5.69 Å². The summed E-state index contributed by atoms with van der Waals surface area (Å²) in [5.41, 5.74) is 3.19. The number of guanidine groups is 1. The molecule has 0 saturated heterocycles. The van der Waals surface area contributed by atoms with Crippen LogP contribution in [0, 0.1) is 13.8 Å². The molecule has 0 bridgehead atoms. The first-order chi connectivity index (χ1) is 13.4. The quantitative estimate of drug-likeness (QED) is 0.602. The third kappa shape index (κ3) is 3.48. The third-order valence-corrected chi connectivity index (χ3v) is 5.28. The number of halogens is 2. The molecule has 1 atom stereocenters. The van der Waals surface area contributed by atoms with E-state index < -0.39 is 6.17 Å². The molecule has 0 amide bonds. The number of aromatic nitrogens is 2. The van der Waals surface area contributed by atoms with Crippen LogP contribution in [0.5, 0.6) is 0 Å². The maximum Gasteiger partial charge on any atom is 0.357 e. The lowest BCUT2D eigenvalue weighted by Gasteiger charge is -2.23. The fourth-order valence-electron chi connectivity index (χ4n) is 3.08. The molecule has 142 valence electrons. The van der Waals surface area contributed by atoms with Gasteiger partial charge < -0.3 is 0 Å². The van der Waals surface area contributed by atoms with Gasteiger partial charge in [-0.25, -0.2) is 20.2 Å². The minimum absolute atomic E-state index is 0.145. The molecule has 1 aliphatic rings. The summed E-state index contributed by atoms with van der Waals surface area (Å²) in [6, 6.07) is 14.8. The summed E-state index contributed by atoms with van der Waals surface area (Å²) in [4.78, 5) is 20.5. The predicted octanol–water partition coefficient (Wildman–Crippen LogP) is 2.69. The zero-order chi connectivity index (χ0) is 19.8. The van der Waals surface area contributed by atoms with Crippen LogP contribution in [0.2, 0.25) is 10.0 Å². The Hall–Kier alpha value is -2.83. The van der Waals surface area contributed by atoms with Crippen LogP contribution in [0.1, 0.15) is 23.0 Å². The Kier molecular flexibility index (Phi) is 4.83. The van der Waals surface area contributed by atoms with Crippen LogP contribution in [0.4, 0.5) is 11.6 Å². The Morgan fingerprint density at radius 1 is 1.14 bits per heavy atom. The zero-order valence-corrected chi connectivity index (χ0v) is 16.8. The number of fused-ring (bicyclic) bond motifs is 1. The van der Waals surface area contributed by atoms with E-state index in [-0.39, 0.29) is 5.56 Å². The molecule has 0 radical (unpaired) electrons. The number of nitrogens with zero attached hydrogens (tertiary/aromatic N) is 2. The third-order valence-electron chi connectivity index (χ3n) is 4.46. The lowest BCUT2D eigenvalue weighted by atomic mass is 10.1. The van der Waals surface area contributed by atoms with Crippen molar-refractivity contribution in [2.75, 3.05) is 10.6 Å². The Bertz CT molecular complexity index is 1140. The van der Waals surface area contributed by atoms with Crippen molar-refractivity contribution in [1.29, 1.82) is 0 Å². The molecule has 0 unspecified atom stereocenters. The number of anilines is 2. The van der Waals surface area contributed by atoms with Gasteiger partial charge in [-0.15, -0.1) is 0 Å². The summed E-state index contributed by atoms with van der Waals surface area (Å²) in [6.45, 7) is 3.80. The molecule has 28 heavy (non-hydrogen) atoms. The van der Waals surface area contributed by atoms with Gasteiger partial charge in [-0.2, -0.15) is 0 Å². The number of hydrogen-bond acceptors (Lipinski definition) is 4. The molecule has 4 rings (SSSR count). The first-order valence-electron chi connectivity index (χ1n) is 8.70. The van der Waals surface area contributed by atoms with Crippen molar-refractivity contribution in [2.24, 2.45) is 0 Å². The molecule has 1 aromatic heterocycles. The fourth-order valence-corrected chi connectivity index (χ4v) is 3.42. The highest BCUT2D eigenvalue weighted by Gasteiger charge is 2.29. The molecule has 2 aromatic carbocycles. The molecule has 3 N–H and O–H groups in total. The number of nitrogens with one attached hydrogen (secondary N) is 3. The number of aryl methyl sites for hydroxylation is 2. The van der Waals surface area contributed by atoms with Crippen molar-refractivity contribution in [3.8, 4) is 0 Å². The van der Waals surface area contributed by atoms with Crippen LogP contribution in [0.3, 0.4) is 0 Å². The molecule has 6 nitrogen and oxygen atoms in total. The summed E-state index contributed by atoms with van der Waals surface area (Å²) >= 11 is 12.4. The summed E-state index contributed by atoms with van der Waals surface area (Å²) in [7, 11) is 0. The van der Waals surface area contributed by atoms with Crippen LogP contribution in [-0.2, 0) is 0 Å². The SMILES string of the molecule is Cc1ccc([C@@H]2[NH+]=C(Nc3cccc(Cl)c3Cl)Nc3nc(C)cc(=O)n32)cc1. The van der Waals surface area contributed by atoms with E-state index in [0.29, 0.717) is 33.3 Å². The first kappa shape index (κ1) is 18.5. The van der Waals surface area contributed by atoms with Gasteiger partial charge in [-0.3, -0.25) is 9.79 Å². The maximum atomic E-state index is 12.7. The lowest BCUT2D eigenvalue weighted by molar-refractivity contribution is -0.520. The van der Waals surface area contributed by atoms with Crippen LogP contribution in [-0.4, -0.2) is 15.5 Å². The number of hydrogen-bond donors (Lipinski definition) is 3. The molecule has 3 aromatic rings. The van der Waals surface area contributed by atoms with Crippen molar-refractivity contribution in [3.63, 3.8) is 0 Å². The van der Waals surface area contributed by atoms with Gasteiger partial charge in [0.15, 0.2) is 6.17 Å². The Labute approximate surface area is 171 Å². The summed E-state index contributed by atoms with van der Waals surface area (Å²) < 4.78 is 1.59. The monoisotopic (exact) mass is 414 g/mol. The highest BCUT2D eigenvalue weighted by molar-refractivity contribution is 6.44. The van der Waals surface area contributed by atoms with Crippen molar-refractivity contribution in [1.82, 2.24) is 9.55 Å². The second-order valence-electron chi connectivity index (χ2n) is 6.61. The van der Waals surface area contributed by atoms with Gasteiger partial charge in [0.2, 0.25) is 0 Å². The van der Waals surface area contributed by atoms with Crippen molar-refractivity contribution >= 4 is 40.8 Å². The molecular formula is C20H18Cl2N5O+. The van der Waals surface area contributed by atoms with Gasteiger partial charge in [0.05, 0.1) is 10.0 Å². The van der Waals surface area contributed by atoms with E-state index in [1.165, 1.54) is 6.07 Å². The second kappa shape index (κ2) is 7.30. The summed E-state index contributed by atoms with van der Waals surface area (Å²) in [5, 5.41) is 7.19. The Balaban J connectivity index is 1.81. The standard InChI is InChI=1S/C20H17Cl2N5O/c1-11-6-8-13(9-7-11)18-25-19(24-15-5-3-4-14(21)17(15)22)26-20-23-12(2)10-16(28)27(18)20/h3-10,18H,1-2H3,(H2,23,24,25,26)/p+1/t18-/m1/s1. The zero-order valence-electron chi connectivity index (χ0n) is 15.3. The normalized spacial score (nSPS) is 15.4. The number of rotatable bonds is 2. The minimum Gasteiger partial charge on any atom is -0.269 e. The van der Waals surface area contributed by atoms with Crippen molar-refractivity contribution in [2.45, 2.75) is 20.0 Å². The highest BCUT2D eigenvalue weighted by atomic mass is 35.5. The maximum absolute atomic E-state index is 12.7. The molecule has 1 aliphatic heterocycles. The van der Waals surface area contributed by atoms with E-state index in [9.17, 15) is 4.79 Å². The van der Waals surface area contributed by atoms with E-state index in [1.54, 1.807) is 23.6 Å². The largest absolute Gasteiger partial charge is 0.357 e. The fraction of sp³-hybridized carbons (Fsp3) is 0.150. The summed E-state index contributed by atoms with van der Waals surface area (Å²) in [6.07, 6.45) is -0.432. The van der Waals surface area contributed by atoms with E-state index in [1.807, 2.05) is 37.3 Å². The van der Waals surface area contributed by atoms with E-state index in [2.05, 4.69) is 20.6 Å². The van der Waals surface area contributed by atoms with Crippen LogP contribution in [0.15, 0.2) is 53.3 Å². The van der Waals surface area contributed by atoms with Gasteiger partial charge in [-0.05, 0) is 26.0 Å². The van der Waals surface area contributed by atoms with Crippen LogP contribution in [0.25, 0.3) is 0 Å². The second-order valence-corrected chi connectivity index (χ2v) is 7.40. The van der Waals surface area contributed by atoms with E-state index in [0.717, 1.165) is 11.1 Å². The molecule has 8 heteroatoms. The molecule has 0 spiro atoms. The lowest BCUT2D eigenvalue weighted by Crippen LogP contribution is -2.82. The van der Waals surface area contributed by atoms with Crippen molar-refractivity contribution in [3.05, 3.63) is 85.8 Å². The average Bonchev–Trinajstić information content (AvgIpc) is 2.65. The summed E-state index contributed by atoms with van der Waals surface area (Å²) in [5.74, 6) is 0.988. The molecule has 0 aliphatic carbocycles. The minimum atomic E-state index is -0.432. The Morgan fingerprint density at radius 2 is 1.89 bits per heavy atom. The first-order valence-corrected chi connectivity index (χ1v) is 9.46. The average molecular weight is 415 g/mol. The Morgan fingerprint density at radius 3 is 2.64 bits per heavy atom. The highest BCUT2D eigenvalue weighted by Crippen LogP contribution is 2.29.